The first-order chi connectivity index (χ1) is 17.7. The number of aromatic nitrogens is 1. The molecule has 0 N–H and O–H groups in total. The second-order valence-corrected chi connectivity index (χ2v) is 11.1. The number of ether oxygens (including phenoxy) is 1. The molecule has 10 heteroatoms. The fraction of sp³-hybridized carbons (Fsp3) is 0.333. The van der Waals surface area contributed by atoms with E-state index in [2.05, 4.69) is 16.8 Å². The van der Waals surface area contributed by atoms with Crippen molar-refractivity contribution in [1.29, 1.82) is 5.26 Å². The Hall–Kier alpha value is -3.65. The van der Waals surface area contributed by atoms with Crippen molar-refractivity contribution in [3.05, 3.63) is 72.1 Å². The smallest absolute Gasteiger partial charge is 0.268 e. The molecule has 2 aromatic carbocycles. The van der Waals surface area contributed by atoms with Crippen molar-refractivity contribution in [3.8, 4) is 11.8 Å². The third-order valence-corrected chi connectivity index (χ3v) is 8.01. The maximum atomic E-state index is 13.8. The molecule has 0 atom stereocenters. The number of carbonyl (C=O) groups is 1. The molecule has 0 aliphatic carbocycles. The molecule has 1 aliphatic heterocycles. The Morgan fingerprint density at radius 2 is 1.78 bits per heavy atom. The molecule has 1 aliphatic rings. The molecule has 2 heterocycles. The first-order valence-corrected chi connectivity index (χ1v) is 13.5. The molecular formula is C27H31N5O4S. The monoisotopic (exact) mass is 521 g/mol. The zero-order valence-corrected chi connectivity index (χ0v) is 22.1. The summed E-state index contributed by atoms with van der Waals surface area (Å²) in [5.74, 6) is -0.169. The second kappa shape index (κ2) is 11.2. The van der Waals surface area contributed by atoms with Crippen molar-refractivity contribution in [2.45, 2.75) is 4.90 Å². The molecular weight excluding hydrogens is 490 g/mol. The zero-order chi connectivity index (χ0) is 26.6. The molecule has 37 heavy (non-hydrogen) atoms. The Labute approximate surface area is 217 Å². The quantitative estimate of drug-likeness (QED) is 0.241. The highest BCUT2D eigenvalue weighted by Gasteiger charge is 2.28. The predicted molar refractivity (Wildman–Crippen MR) is 142 cm³/mol. The van der Waals surface area contributed by atoms with E-state index in [-0.39, 0.29) is 16.2 Å². The van der Waals surface area contributed by atoms with E-state index in [1.54, 1.807) is 55.4 Å². The van der Waals surface area contributed by atoms with Crippen LogP contribution in [0.1, 0.15) is 10.5 Å². The summed E-state index contributed by atoms with van der Waals surface area (Å²) in [4.78, 5) is 19.6. The highest BCUT2D eigenvalue weighted by Crippen LogP contribution is 2.30. The summed E-state index contributed by atoms with van der Waals surface area (Å²) in [7, 11) is 1.33. The lowest BCUT2D eigenvalue weighted by Crippen LogP contribution is -2.45. The van der Waals surface area contributed by atoms with E-state index in [1.807, 2.05) is 6.07 Å². The lowest BCUT2D eigenvalue weighted by molar-refractivity contribution is 0.103. The summed E-state index contributed by atoms with van der Waals surface area (Å²) in [6.07, 6.45) is 1.38. The van der Waals surface area contributed by atoms with E-state index in [0.717, 1.165) is 36.7 Å². The molecule has 194 valence electrons. The van der Waals surface area contributed by atoms with Crippen molar-refractivity contribution in [3.63, 3.8) is 0 Å². The van der Waals surface area contributed by atoms with E-state index in [9.17, 15) is 18.5 Å². The topological polar surface area (TPSA) is 98.9 Å². The van der Waals surface area contributed by atoms with Gasteiger partial charge in [0.05, 0.1) is 10.4 Å². The van der Waals surface area contributed by atoms with Crippen LogP contribution in [0, 0.1) is 11.3 Å². The van der Waals surface area contributed by atoms with Gasteiger partial charge in [-0.3, -0.25) is 9.69 Å². The molecule has 0 bridgehead atoms. The lowest BCUT2D eigenvalue weighted by Gasteiger charge is -2.32. The van der Waals surface area contributed by atoms with E-state index < -0.39 is 15.8 Å². The average molecular weight is 522 g/mol. The number of piperazine rings is 1. The van der Waals surface area contributed by atoms with Crippen molar-refractivity contribution < 1.29 is 17.9 Å². The summed E-state index contributed by atoms with van der Waals surface area (Å²) < 4.78 is 34.6. The molecule has 9 nitrogen and oxygen atoms in total. The molecule has 3 aromatic rings. The summed E-state index contributed by atoms with van der Waals surface area (Å²) >= 11 is 0. The van der Waals surface area contributed by atoms with Crippen LogP contribution in [-0.4, -0.2) is 93.3 Å². The summed E-state index contributed by atoms with van der Waals surface area (Å²) in [5, 5.41) is 10.2. The number of ketones is 1. The molecule has 4 rings (SSSR count). The number of likely N-dealkylation sites (N-methyl/N-ethyl adjacent to an activating group) is 1. The zero-order valence-electron chi connectivity index (χ0n) is 21.3. The van der Waals surface area contributed by atoms with Crippen molar-refractivity contribution in [1.82, 2.24) is 18.7 Å². The highest BCUT2D eigenvalue weighted by atomic mass is 32.2. The summed E-state index contributed by atoms with van der Waals surface area (Å²) in [6, 6.07) is 16.5. The minimum absolute atomic E-state index is 0.0398. The fourth-order valence-electron chi connectivity index (χ4n) is 4.26. The number of hydrogen-bond donors (Lipinski definition) is 0. The van der Waals surface area contributed by atoms with Gasteiger partial charge >= 0.3 is 0 Å². The van der Waals surface area contributed by atoms with Crippen LogP contribution in [0.15, 0.2) is 71.3 Å². The first-order valence-electron chi connectivity index (χ1n) is 12.0. The van der Waals surface area contributed by atoms with Crippen LogP contribution in [-0.2, 0) is 10.0 Å². The summed E-state index contributed by atoms with van der Waals surface area (Å²) in [5.41, 5.74) is 0.0375. The standard InChI is InChI=1S/C27H31N5O4S/c1-29(2)20-22(19-28)27(33)26-17-21-9-10-23(36-16-15-31-13-11-30(3)12-14-31)18-25(21)32(26)37(34,35)24-7-5-4-6-8-24/h4-10,17-18,20H,11-16H2,1-3H3/b22-20+. The molecule has 0 saturated carbocycles. The number of nitriles is 1. The van der Waals surface area contributed by atoms with Crippen LogP contribution < -0.4 is 4.74 Å². The van der Waals surface area contributed by atoms with E-state index in [4.69, 9.17) is 4.74 Å². The number of nitrogens with zero attached hydrogens (tertiary/aromatic N) is 5. The normalized spacial score (nSPS) is 15.5. The van der Waals surface area contributed by atoms with Crippen LogP contribution in [0.4, 0.5) is 0 Å². The number of hydrogen-bond acceptors (Lipinski definition) is 8. The number of fused-ring (bicyclic) bond motifs is 1. The van der Waals surface area contributed by atoms with Crippen LogP contribution in [0.5, 0.6) is 5.75 Å². The maximum absolute atomic E-state index is 13.8. The van der Waals surface area contributed by atoms with Gasteiger partial charge < -0.3 is 14.5 Å². The Morgan fingerprint density at radius 1 is 1.08 bits per heavy atom. The second-order valence-electron chi connectivity index (χ2n) is 9.27. The Bertz CT molecular complexity index is 1450. The van der Waals surface area contributed by atoms with Gasteiger partial charge in [-0.1, -0.05) is 18.2 Å². The van der Waals surface area contributed by atoms with Gasteiger partial charge in [-0.2, -0.15) is 5.26 Å². The summed E-state index contributed by atoms with van der Waals surface area (Å²) in [6.45, 7) is 5.20. The van der Waals surface area contributed by atoms with Gasteiger partial charge in [-0.25, -0.2) is 12.4 Å². The Balaban J connectivity index is 1.73. The third-order valence-electron chi connectivity index (χ3n) is 6.27. The van der Waals surface area contributed by atoms with Crippen LogP contribution in [0.25, 0.3) is 10.9 Å². The number of carbonyl (C=O) groups excluding carboxylic acids is 1. The van der Waals surface area contributed by atoms with Crippen LogP contribution >= 0.6 is 0 Å². The van der Waals surface area contributed by atoms with Crippen LogP contribution in [0.2, 0.25) is 0 Å². The molecule has 1 fully saturated rings. The number of Topliss-reactive ketones (excluding diaryl/α,β-unsaturated/α-hetero) is 1. The first kappa shape index (κ1) is 26.4. The van der Waals surface area contributed by atoms with Crippen molar-refractivity contribution in [2.24, 2.45) is 0 Å². The predicted octanol–water partition coefficient (Wildman–Crippen LogP) is 2.66. The van der Waals surface area contributed by atoms with Gasteiger partial charge in [0.15, 0.2) is 0 Å². The number of benzene rings is 2. The minimum atomic E-state index is -4.15. The van der Waals surface area contributed by atoms with Gasteiger partial charge in [0.2, 0.25) is 5.78 Å². The van der Waals surface area contributed by atoms with Crippen molar-refractivity contribution >= 4 is 26.7 Å². The lowest BCUT2D eigenvalue weighted by atomic mass is 10.1. The van der Waals surface area contributed by atoms with E-state index >= 15 is 0 Å². The van der Waals surface area contributed by atoms with Gasteiger partial charge in [0.1, 0.15) is 29.7 Å². The minimum Gasteiger partial charge on any atom is -0.492 e. The molecule has 1 aromatic heterocycles. The van der Waals surface area contributed by atoms with E-state index in [1.165, 1.54) is 24.4 Å². The average Bonchev–Trinajstić information content (AvgIpc) is 3.28. The highest BCUT2D eigenvalue weighted by molar-refractivity contribution is 7.90. The van der Waals surface area contributed by atoms with Gasteiger partial charge in [0.25, 0.3) is 10.0 Å². The van der Waals surface area contributed by atoms with Gasteiger partial charge in [0, 0.05) is 64.5 Å². The van der Waals surface area contributed by atoms with E-state index in [0.29, 0.717) is 23.3 Å². The Morgan fingerprint density at radius 3 is 2.43 bits per heavy atom. The van der Waals surface area contributed by atoms with Gasteiger partial charge in [-0.05, 0) is 37.4 Å². The number of rotatable bonds is 9. The largest absolute Gasteiger partial charge is 0.492 e. The fourth-order valence-corrected chi connectivity index (χ4v) is 5.78. The van der Waals surface area contributed by atoms with Crippen molar-refractivity contribution in [2.75, 3.05) is 60.5 Å². The molecule has 0 amide bonds. The molecule has 1 saturated heterocycles. The number of allylic oxidation sites excluding steroid dienone is 1. The molecule has 0 spiro atoms. The maximum Gasteiger partial charge on any atom is 0.268 e. The molecule has 0 radical (unpaired) electrons. The third kappa shape index (κ3) is 5.85. The molecule has 0 unspecified atom stereocenters. The Kier molecular flexibility index (Phi) is 7.97. The SMILES string of the molecule is CN(C)/C=C(\C#N)C(=O)c1cc2ccc(OCCN3CCN(C)CC3)cc2n1S(=O)(=O)c1ccccc1. The van der Waals surface area contributed by atoms with Gasteiger partial charge in [-0.15, -0.1) is 0 Å². The van der Waals surface area contributed by atoms with Crippen LogP contribution in [0.3, 0.4) is 0 Å².